The Morgan fingerprint density at radius 3 is 2.64 bits per heavy atom. The number of amides is 2. The van der Waals surface area contributed by atoms with Gasteiger partial charge in [-0.3, -0.25) is 0 Å². The molecule has 1 saturated heterocycles. The first-order chi connectivity index (χ1) is 17.5. The number of carbonyl (C=O) groups is 1. The van der Waals surface area contributed by atoms with Gasteiger partial charge in [0.15, 0.2) is 11.6 Å². The molecule has 1 aromatic carbocycles. The Morgan fingerprint density at radius 1 is 1.11 bits per heavy atom. The number of nitrogens with one attached hydrogen (secondary N) is 2. The van der Waals surface area contributed by atoms with Crippen LogP contribution in [-0.4, -0.2) is 63.5 Å². The molecule has 2 fully saturated rings. The zero-order chi connectivity index (χ0) is 25.8. The molecule has 3 rings (SSSR count). The molecule has 1 heterocycles. The second-order valence-corrected chi connectivity index (χ2v) is 10.3. The smallest absolute Gasteiger partial charge is 0.317 e. The van der Waals surface area contributed by atoms with Crippen LogP contribution in [0.25, 0.3) is 0 Å². The van der Waals surface area contributed by atoms with E-state index in [-0.39, 0.29) is 18.0 Å². The highest BCUT2D eigenvalue weighted by atomic mass is 19.2. The van der Waals surface area contributed by atoms with E-state index in [1.54, 1.807) is 6.07 Å². The zero-order valence-corrected chi connectivity index (χ0v) is 22.1. The molecular formula is C28H45F2N3O3. The van der Waals surface area contributed by atoms with Gasteiger partial charge in [0.1, 0.15) is 0 Å². The maximum atomic E-state index is 14.1. The molecular weight excluding hydrogens is 464 g/mol. The summed E-state index contributed by atoms with van der Waals surface area (Å²) in [6.45, 7) is 5.60. The Hall–Kier alpha value is -1.77. The summed E-state index contributed by atoms with van der Waals surface area (Å²) in [7, 11) is 1.92. The predicted molar refractivity (Wildman–Crippen MR) is 138 cm³/mol. The predicted octanol–water partition coefficient (Wildman–Crippen LogP) is 5.43. The van der Waals surface area contributed by atoms with Crippen LogP contribution in [0.15, 0.2) is 18.2 Å². The number of carbonyl (C=O) groups excluding carboxylic acids is 1. The summed E-state index contributed by atoms with van der Waals surface area (Å²) >= 11 is 0. The second kappa shape index (κ2) is 15.5. The number of halogens is 2. The summed E-state index contributed by atoms with van der Waals surface area (Å²) in [6.07, 6.45) is 9.41. The Labute approximate surface area is 215 Å². The van der Waals surface area contributed by atoms with Crippen LogP contribution in [0.2, 0.25) is 0 Å². The quantitative estimate of drug-likeness (QED) is 0.348. The van der Waals surface area contributed by atoms with E-state index in [4.69, 9.17) is 9.47 Å². The summed E-state index contributed by atoms with van der Waals surface area (Å²) in [5.74, 6) is -1.07. The van der Waals surface area contributed by atoms with Crippen LogP contribution in [0.5, 0.6) is 0 Å². The van der Waals surface area contributed by atoms with Gasteiger partial charge in [0.2, 0.25) is 0 Å². The highest BCUT2D eigenvalue weighted by molar-refractivity contribution is 5.74. The maximum absolute atomic E-state index is 14.1. The van der Waals surface area contributed by atoms with Gasteiger partial charge in [0, 0.05) is 51.4 Å². The molecule has 1 aromatic rings. The third kappa shape index (κ3) is 8.96. The number of likely N-dealkylation sites (tertiary alicyclic amines) is 1. The SMILES string of the molecule is CCOCCCOC(c1ccc(F)c(F)c1)C1CCCN(C(=O)N[C@H](CNC)CC2CCCCC2)C1. The van der Waals surface area contributed by atoms with Crippen LogP contribution in [0, 0.1) is 23.5 Å². The minimum atomic E-state index is -0.876. The topological polar surface area (TPSA) is 62.8 Å². The van der Waals surface area contributed by atoms with E-state index in [1.807, 2.05) is 18.9 Å². The normalized spacial score (nSPS) is 20.8. The molecule has 0 aromatic heterocycles. The fourth-order valence-electron chi connectivity index (χ4n) is 5.68. The number of piperidine rings is 1. The van der Waals surface area contributed by atoms with Crippen molar-refractivity contribution in [2.45, 2.75) is 76.9 Å². The molecule has 6 nitrogen and oxygen atoms in total. The van der Waals surface area contributed by atoms with E-state index < -0.39 is 17.7 Å². The molecule has 0 spiro atoms. The van der Waals surface area contributed by atoms with Crippen LogP contribution in [0.3, 0.4) is 0 Å². The van der Waals surface area contributed by atoms with Crippen molar-refractivity contribution in [1.82, 2.24) is 15.5 Å². The van der Waals surface area contributed by atoms with Crippen molar-refractivity contribution in [2.24, 2.45) is 11.8 Å². The maximum Gasteiger partial charge on any atom is 0.317 e. The Kier molecular flexibility index (Phi) is 12.4. The number of ether oxygens (including phenoxy) is 2. The van der Waals surface area contributed by atoms with Gasteiger partial charge < -0.3 is 25.0 Å². The minimum absolute atomic E-state index is 0.00236. The fourth-order valence-corrected chi connectivity index (χ4v) is 5.68. The van der Waals surface area contributed by atoms with E-state index in [0.717, 1.165) is 38.3 Å². The first-order valence-electron chi connectivity index (χ1n) is 13.9. The standard InChI is InChI=1S/C28H45F2N3O3/c1-3-35-15-8-16-36-27(22-12-13-25(29)26(30)18-22)23-11-7-14-33(20-23)28(34)32-24(19-31-2)17-21-9-5-4-6-10-21/h12-13,18,21,23-24,27,31H,3-11,14-17,19-20H2,1-2H3,(H,32,34)/t23?,24-,27?/m0/s1. The van der Waals surface area contributed by atoms with E-state index in [9.17, 15) is 13.6 Å². The van der Waals surface area contributed by atoms with Gasteiger partial charge in [-0.25, -0.2) is 13.6 Å². The van der Waals surface area contributed by atoms with Gasteiger partial charge in [-0.05, 0) is 63.3 Å². The van der Waals surface area contributed by atoms with Crippen molar-refractivity contribution in [2.75, 3.05) is 46.5 Å². The van der Waals surface area contributed by atoms with Crippen LogP contribution < -0.4 is 10.6 Å². The van der Waals surface area contributed by atoms with Crippen LogP contribution in [0.4, 0.5) is 13.6 Å². The molecule has 0 bridgehead atoms. The van der Waals surface area contributed by atoms with Crippen molar-refractivity contribution < 1.29 is 23.0 Å². The van der Waals surface area contributed by atoms with E-state index in [2.05, 4.69) is 10.6 Å². The first-order valence-corrected chi connectivity index (χ1v) is 13.9. The lowest BCUT2D eigenvalue weighted by molar-refractivity contribution is -0.0186. The van der Waals surface area contributed by atoms with Crippen molar-refractivity contribution in [3.63, 3.8) is 0 Å². The number of nitrogens with zero attached hydrogens (tertiary/aromatic N) is 1. The molecule has 36 heavy (non-hydrogen) atoms. The average Bonchev–Trinajstić information content (AvgIpc) is 2.89. The van der Waals surface area contributed by atoms with Crippen molar-refractivity contribution in [1.29, 1.82) is 0 Å². The Bertz CT molecular complexity index is 791. The number of urea groups is 1. The summed E-state index contributed by atoms with van der Waals surface area (Å²) in [6, 6.07) is 4.04. The minimum Gasteiger partial charge on any atom is -0.382 e. The number of rotatable bonds is 13. The Morgan fingerprint density at radius 2 is 1.92 bits per heavy atom. The van der Waals surface area contributed by atoms with Gasteiger partial charge in [-0.2, -0.15) is 0 Å². The molecule has 1 aliphatic heterocycles. The van der Waals surface area contributed by atoms with Crippen LogP contribution in [-0.2, 0) is 9.47 Å². The van der Waals surface area contributed by atoms with Gasteiger partial charge in [-0.1, -0.05) is 38.2 Å². The lowest BCUT2D eigenvalue weighted by atomic mass is 9.85. The molecule has 8 heteroatoms. The van der Waals surface area contributed by atoms with Crippen LogP contribution in [0.1, 0.15) is 76.4 Å². The van der Waals surface area contributed by atoms with E-state index in [1.165, 1.54) is 38.2 Å². The van der Waals surface area contributed by atoms with E-state index >= 15 is 0 Å². The molecule has 1 aliphatic carbocycles. The van der Waals surface area contributed by atoms with Crippen molar-refractivity contribution in [3.8, 4) is 0 Å². The highest BCUT2D eigenvalue weighted by Gasteiger charge is 2.32. The lowest BCUT2D eigenvalue weighted by Crippen LogP contribution is -2.52. The number of likely N-dealkylation sites (N-methyl/N-ethyl adjacent to an activating group) is 1. The summed E-state index contributed by atoms with van der Waals surface area (Å²) < 4.78 is 39.3. The largest absolute Gasteiger partial charge is 0.382 e. The third-order valence-electron chi connectivity index (χ3n) is 7.50. The molecule has 2 N–H and O–H groups in total. The number of benzene rings is 1. The number of hydrogen-bond donors (Lipinski definition) is 2. The highest BCUT2D eigenvalue weighted by Crippen LogP contribution is 2.34. The molecule has 3 atom stereocenters. The third-order valence-corrected chi connectivity index (χ3v) is 7.50. The molecule has 2 aliphatic rings. The molecule has 0 radical (unpaired) electrons. The molecule has 1 saturated carbocycles. The Balaban J connectivity index is 1.63. The summed E-state index contributed by atoms with van der Waals surface area (Å²) in [4.78, 5) is 15.2. The monoisotopic (exact) mass is 509 g/mol. The molecule has 2 unspecified atom stereocenters. The van der Waals surface area contributed by atoms with E-state index in [0.29, 0.717) is 44.4 Å². The molecule has 2 amide bonds. The zero-order valence-electron chi connectivity index (χ0n) is 22.1. The molecule has 204 valence electrons. The summed E-state index contributed by atoms with van der Waals surface area (Å²) in [5.41, 5.74) is 0.614. The van der Waals surface area contributed by atoms with Crippen LogP contribution >= 0.6 is 0 Å². The summed E-state index contributed by atoms with van der Waals surface area (Å²) in [5, 5.41) is 6.51. The average molecular weight is 510 g/mol. The first kappa shape index (κ1) is 28.8. The number of hydrogen-bond acceptors (Lipinski definition) is 4. The van der Waals surface area contributed by atoms with Crippen molar-refractivity contribution in [3.05, 3.63) is 35.4 Å². The van der Waals surface area contributed by atoms with Gasteiger partial charge in [0.25, 0.3) is 0 Å². The second-order valence-electron chi connectivity index (χ2n) is 10.3. The van der Waals surface area contributed by atoms with Crippen molar-refractivity contribution >= 4 is 6.03 Å². The van der Waals surface area contributed by atoms with Gasteiger partial charge in [-0.15, -0.1) is 0 Å². The fraction of sp³-hybridized carbons (Fsp3) is 0.750. The lowest BCUT2D eigenvalue weighted by Gasteiger charge is -2.38. The van der Waals surface area contributed by atoms with Gasteiger partial charge in [0.05, 0.1) is 6.10 Å². The van der Waals surface area contributed by atoms with Gasteiger partial charge >= 0.3 is 6.03 Å².